The molecule has 0 spiro atoms. The monoisotopic (exact) mass is 273 g/mol. The molecule has 0 fully saturated rings. The predicted octanol–water partition coefficient (Wildman–Crippen LogP) is 2.75. The van der Waals surface area contributed by atoms with Crippen LogP contribution >= 0.6 is 11.6 Å². The molecule has 0 radical (unpaired) electrons. The van der Waals surface area contributed by atoms with Crippen molar-refractivity contribution >= 4 is 23.1 Å². The van der Waals surface area contributed by atoms with Crippen molar-refractivity contribution in [3.05, 3.63) is 53.2 Å². The maximum absolute atomic E-state index is 11.0. The summed E-state index contributed by atoms with van der Waals surface area (Å²) in [7, 11) is 0. The zero-order valence-corrected chi connectivity index (χ0v) is 10.4. The summed E-state index contributed by atoms with van der Waals surface area (Å²) in [5.41, 5.74) is 2.11. The number of hydrogen-bond acceptors (Lipinski definition) is 3. The van der Waals surface area contributed by atoms with Gasteiger partial charge in [-0.05, 0) is 24.3 Å². The van der Waals surface area contributed by atoms with Crippen molar-refractivity contribution in [2.75, 3.05) is 0 Å². The van der Waals surface area contributed by atoms with E-state index in [0.29, 0.717) is 16.2 Å². The minimum atomic E-state index is -1.02. The topological polar surface area (TPSA) is 67.5 Å². The Bertz CT molecular complexity index is 782. The first kappa shape index (κ1) is 11.7. The Morgan fingerprint density at radius 3 is 2.84 bits per heavy atom. The summed E-state index contributed by atoms with van der Waals surface area (Å²) in [5.74, 6) is -1.02. The molecular weight excluding hydrogens is 266 g/mol. The Morgan fingerprint density at radius 1 is 1.26 bits per heavy atom. The lowest BCUT2D eigenvalue weighted by atomic mass is 10.1. The third-order valence-electron chi connectivity index (χ3n) is 2.74. The number of hydrogen-bond donors (Lipinski definition) is 1. The minimum absolute atomic E-state index is 0.130. The fourth-order valence-electron chi connectivity index (χ4n) is 1.84. The number of benzene rings is 1. The van der Waals surface area contributed by atoms with E-state index in [2.05, 4.69) is 10.2 Å². The van der Waals surface area contributed by atoms with E-state index in [0.717, 1.165) is 5.56 Å². The van der Waals surface area contributed by atoms with Gasteiger partial charge in [-0.15, -0.1) is 5.10 Å². The molecule has 6 heteroatoms. The van der Waals surface area contributed by atoms with Gasteiger partial charge in [-0.3, -0.25) is 0 Å². The zero-order valence-electron chi connectivity index (χ0n) is 9.62. The van der Waals surface area contributed by atoms with Crippen LogP contribution in [0.4, 0.5) is 0 Å². The number of aromatic nitrogens is 3. The van der Waals surface area contributed by atoms with Crippen molar-refractivity contribution in [2.24, 2.45) is 0 Å². The van der Waals surface area contributed by atoms with Crippen molar-refractivity contribution in [2.45, 2.75) is 0 Å². The molecule has 0 atom stereocenters. The zero-order chi connectivity index (χ0) is 13.4. The average molecular weight is 274 g/mol. The van der Waals surface area contributed by atoms with Crippen molar-refractivity contribution in [3.8, 4) is 11.3 Å². The Labute approximate surface area is 113 Å². The largest absolute Gasteiger partial charge is 0.478 e. The van der Waals surface area contributed by atoms with Gasteiger partial charge in [0, 0.05) is 10.6 Å². The van der Waals surface area contributed by atoms with Crippen LogP contribution in [0.25, 0.3) is 16.8 Å². The van der Waals surface area contributed by atoms with Gasteiger partial charge < -0.3 is 5.11 Å². The van der Waals surface area contributed by atoms with Gasteiger partial charge in [0.15, 0.2) is 0 Å². The summed E-state index contributed by atoms with van der Waals surface area (Å²) in [5, 5.41) is 17.8. The predicted molar refractivity (Wildman–Crippen MR) is 70.4 cm³/mol. The number of carboxylic acids is 1. The number of halogens is 1. The summed E-state index contributed by atoms with van der Waals surface area (Å²) in [6, 6.07) is 10.7. The average Bonchev–Trinajstić information content (AvgIpc) is 2.81. The van der Waals surface area contributed by atoms with Crippen LogP contribution in [-0.4, -0.2) is 25.9 Å². The third kappa shape index (κ3) is 2.04. The molecule has 0 amide bonds. The lowest BCUT2D eigenvalue weighted by Gasteiger charge is -2.02. The number of carbonyl (C=O) groups is 1. The quantitative estimate of drug-likeness (QED) is 0.779. The first-order valence-electron chi connectivity index (χ1n) is 5.49. The van der Waals surface area contributed by atoms with E-state index < -0.39 is 5.97 Å². The van der Waals surface area contributed by atoms with Crippen LogP contribution in [0, 0.1) is 0 Å². The summed E-state index contributed by atoms with van der Waals surface area (Å²) in [6.07, 6.45) is 1.28. The van der Waals surface area contributed by atoms with Crippen molar-refractivity contribution in [1.29, 1.82) is 0 Å². The van der Waals surface area contributed by atoms with Gasteiger partial charge in [-0.1, -0.05) is 23.7 Å². The molecule has 0 aliphatic rings. The molecule has 0 saturated heterocycles. The fraction of sp³-hybridized carbons (Fsp3) is 0. The molecule has 0 aliphatic carbocycles. The van der Waals surface area contributed by atoms with Gasteiger partial charge in [-0.2, -0.15) is 9.73 Å². The highest BCUT2D eigenvalue weighted by atomic mass is 35.5. The van der Waals surface area contributed by atoms with Gasteiger partial charge in [-0.25, -0.2) is 4.79 Å². The van der Waals surface area contributed by atoms with Gasteiger partial charge in [0.05, 0.1) is 11.9 Å². The van der Waals surface area contributed by atoms with E-state index in [1.165, 1.54) is 10.8 Å². The van der Waals surface area contributed by atoms with Crippen LogP contribution in [0.3, 0.4) is 0 Å². The second-order valence-electron chi connectivity index (χ2n) is 3.97. The van der Waals surface area contributed by atoms with E-state index >= 15 is 0 Å². The lowest BCUT2D eigenvalue weighted by Crippen LogP contribution is -1.98. The van der Waals surface area contributed by atoms with E-state index in [1.54, 1.807) is 24.3 Å². The standard InChI is InChI=1S/C13H8ClN3O2/c14-9-3-1-2-8(6-9)11-4-5-12-10(13(18)19)7-15-17(12)16-11/h1-7H,(H,18,19). The smallest absolute Gasteiger partial charge is 0.339 e. The van der Waals surface area contributed by atoms with Crippen molar-refractivity contribution in [1.82, 2.24) is 14.8 Å². The van der Waals surface area contributed by atoms with Crippen LogP contribution in [0.15, 0.2) is 42.6 Å². The first-order valence-corrected chi connectivity index (χ1v) is 5.87. The van der Waals surface area contributed by atoms with Crippen LogP contribution in [-0.2, 0) is 0 Å². The number of carboxylic acid groups (broad SMARTS) is 1. The normalized spacial score (nSPS) is 10.8. The maximum Gasteiger partial charge on any atom is 0.339 e. The molecule has 3 aromatic rings. The Kier molecular flexibility index (Phi) is 2.68. The highest BCUT2D eigenvalue weighted by molar-refractivity contribution is 6.30. The molecule has 2 aromatic heterocycles. The molecule has 2 heterocycles. The molecule has 94 valence electrons. The Morgan fingerprint density at radius 2 is 2.11 bits per heavy atom. The second-order valence-corrected chi connectivity index (χ2v) is 4.40. The van der Waals surface area contributed by atoms with Gasteiger partial charge in [0.1, 0.15) is 11.1 Å². The molecule has 0 aliphatic heterocycles. The van der Waals surface area contributed by atoms with E-state index in [9.17, 15) is 4.79 Å². The first-order chi connectivity index (χ1) is 9.15. The summed E-state index contributed by atoms with van der Waals surface area (Å²) in [4.78, 5) is 11.0. The summed E-state index contributed by atoms with van der Waals surface area (Å²) >= 11 is 5.93. The van der Waals surface area contributed by atoms with Crippen molar-refractivity contribution < 1.29 is 9.90 Å². The number of rotatable bonds is 2. The van der Waals surface area contributed by atoms with Crippen LogP contribution in [0.5, 0.6) is 0 Å². The van der Waals surface area contributed by atoms with Gasteiger partial charge in [0.25, 0.3) is 0 Å². The molecule has 1 N–H and O–H groups in total. The lowest BCUT2D eigenvalue weighted by molar-refractivity contribution is 0.0699. The van der Waals surface area contributed by atoms with Gasteiger partial charge in [0.2, 0.25) is 0 Å². The van der Waals surface area contributed by atoms with E-state index in [4.69, 9.17) is 16.7 Å². The Balaban J connectivity index is 2.15. The second kappa shape index (κ2) is 4.37. The van der Waals surface area contributed by atoms with E-state index in [1.807, 2.05) is 12.1 Å². The summed E-state index contributed by atoms with van der Waals surface area (Å²) < 4.78 is 1.31. The van der Waals surface area contributed by atoms with Crippen LogP contribution in [0.2, 0.25) is 5.02 Å². The molecule has 0 saturated carbocycles. The van der Waals surface area contributed by atoms with Crippen LogP contribution in [0.1, 0.15) is 10.4 Å². The molecule has 3 rings (SSSR count). The number of aromatic carboxylic acids is 1. The highest BCUT2D eigenvalue weighted by Crippen LogP contribution is 2.21. The highest BCUT2D eigenvalue weighted by Gasteiger charge is 2.12. The SMILES string of the molecule is O=C(O)c1cnn2nc(-c3cccc(Cl)c3)ccc12. The molecule has 1 aromatic carbocycles. The van der Waals surface area contributed by atoms with Crippen molar-refractivity contribution in [3.63, 3.8) is 0 Å². The van der Waals surface area contributed by atoms with Gasteiger partial charge >= 0.3 is 5.97 Å². The third-order valence-corrected chi connectivity index (χ3v) is 2.98. The molecular formula is C13H8ClN3O2. The fourth-order valence-corrected chi connectivity index (χ4v) is 2.03. The number of nitrogens with zero attached hydrogens (tertiary/aromatic N) is 3. The number of fused-ring (bicyclic) bond motifs is 1. The maximum atomic E-state index is 11.0. The Hall–Kier alpha value is -2.40. The van der Waals surface area contributed by atoms with E-state index in [-0.39, 0.29) is 5.56 Å². The minimum Gasteiger partial charge on any atom is -0.478 e. The summed E-state index contributed by atoms with van der Waals surface area (Å²) in [6.45, 7) is 0. The molecule has 0 unspecified atom stereocenters. The molecule has 0 bridgehead atoms. The molecule has 19 heavy (non-hydrogen) atoms. The molecule has 5 nitrogen and oxygen atoms in total. The van der Waals surface area contributed by atoms with Crippen LogP contribution < -0.4 is 0 Å².